The Balaban J connectivity index is 1.53. The molecular formula is C56H59N. The van der Waals surface area contributed by atoms with Crippen LogP contribution in [0.15, 0.2) is 247 Å². The lowest BCUT2D eigenvalue weighted by Gasteiger charge is -2.37. The van der Waals surface area contributed by atoms with Gasteiger partial charge in [0.1, 0.15) is 0 Å². The van der Waals surface area contributed by atoms with E-state index in [9.17, 15) is 0 Å². The molecule has 0 saturated carbocycles. The first-order valence-electron chi connectivity index (χ1n) is 20.2. The minimum absolute atomic E-state index is 0.112. The number of benzene rings is 2. The maximum Gasteiger partial charge on any atom is 0.0565 e. The van der Waals surface area contributed by atoms with Crippen LogP contribution in [0.25, 0.3) is 11.1 Å². The summed E-state index contributed by atoms with van der Waals surface area (Å²) in [6, 6.07) is 20.1. The summed E-state index contributed by atoms with van der Waals surface area (Å²) in [5, 5.41) is 0. The van der Waals surface area contributed by atoms with Crippen molar-refractivity contribution >= 4 is 16.8 Å². The van der Waals surface area contributed by atoms with Gasteiger partial charge in [-0.25, -0.2) is 0 Å². The molecule has 288 valence electrons. The van der Waals surface area contributed by atoms with Gasteiger partial charge in [-0.1, -0.05) is 189 Å². The van der Waals surface area contributed by atoms with E-state index in [-0.39, 0.29) is 6.04 Å². The summed E-state index contributed by atoms with van der Waals surface area (Å²) in [6.07, 6.45) is 51.6. The fourth-order valence-corrected chi connectivity index (χ4v) is 7.35. The number of allylic oxidation sites excluding steroid dienone is 28. The molecule has 0 bridgehead atoms. The van der Waals surface area contributed by atoms with Crippen LogP contribution in [0.3, 0.4) is 0 Å². The molecule has 0 aromatic heterocycles. The van der Waals surface area contributed by atoms with Gasteiger partial charge in [0, 0.05) is 17.3 Å². The van der Waals surface area contributed by atoms with Gasteiger partial charge in [0.25, 0.3) is 0 Å². The molecule has 2 aromatic carbocycles. The van der Waals surface area contributed by atoms with E-state index in [4.69, 9.17) is 0 Å². The smallest absolute Gasteiger partial charge is 0.0565 e. The minimum Gasteiger partial charge on any atom is -0.334 e. The Morgan fingerprint density at radius 1 is 0.807 bits per heavy atom. The van der Waals surface area contributed by atoms with E-state index >= 15 is 0 Å². The van der Waals surface area contributed by atoms with Gasteiger partial charge >= 0.3 is 0 Å². The highest BCUT2D eigenvalue weighted by atomic mass is 15.2. The Kier molecular flexibility index (Phi) is 16.0. The largest absolute Gasteiger partial charge is 0.334 e. The van der Waals surface area contributed by atoms with Crippen molar-refractivity contribution in [2.24, 2.45) is 5.92 Å². The second kappa shape index (κ2) is 21.8. The molecule has 0 N–H and O–H groups in total. The van der Waals surface area contributed by atoms with Crippen LogP contribution in [0.2, 0.25) is 0 Å². The van der Waals surface area contributed by atoms with E-state index in [0.29, 0.717) is 5.92 Å². The highest BCUT2D eigenvalue weighted by molar-refractivity contribution is 5.79. The van der Waals surface area contributed by atoms with Crippen molar-refractivity contribution < 1.29 is 0 Å². The summed E-state index contributed by atoms with van der Waals surface area (Å²) in [5.41, 5.74) is 14.5. The van der Waals surface area contributed by atoms with Crippen molar-refractivity contribution in [3.05, 3.63) is 258 Å². The van der Waals surface area contributed by atoms with Gasteiger partial charge in [-0.3, -0.25) is 0 Å². The number of hydrogen-bond acceptors (Lipinski definition) is 1. The maximum atomic E-state index is 4.28. The van der Waals surface area contributed by atoms with E-state index in [1.807, 2.05) is 18.2 Å². The third kappa shape index (κ3) is 11.9. The molecule has 2 unspecified atom stereocenters. The van der Waals surface area contributed by atoms with Gasteiger partial charge in [-0.05, 0) is 128 Å². The Hall–Kier alpha value is -6.18. The van der Waals surface area contributed by atoms with Crippen molar-refractivity contribution in [1.82, 2.24) is 0 Å². The van der Waals surface area contributed by atoms with Crippen LogP contribution in [-0.4, -0.2) is 6.04 Å². The molecule has 0 saturated heterocycles. The average Bonchev–Trinajstić information content (AvgIpc) is 3.24. The molecule has 57 heavy (non-hydrogen) atoms. The molecule has 1 nitrogen and oxygen atoms in total. The topological polar surface area (TPSA) is 3.24 Å². The monoisotopic (exact) mass is 745 g/mol. The van der Waals surface area contributed by atoms with Crippen molar-refractivity contribution in [3.8, 4) is 0 Å². The molecule has 0 fully saturated rings. The summed E-state index contributed by atoms with van der Waals surface area (Å²) < 4.78 is 0. The molecule has 3 aliphatic rings. The molecule has 0 aliphatic heterocycles. The van der Waals surface area contributed by atoms with Crippen LogP contribution in [0.4, 0.5) is 5.69 Å². The maximum absolute atomic E-state index is 4.28. The summed E-state index contributed by atoms with van der Waals surface area (Å²) in [7, 11) is 0. The lowest BCUT2D eigenvalue weighted by molar-refractivity contribution is 0.731. The van der Waals surface area contributed by atoms with E-state index in [1.54, 1.807) is 0 Å². The Morgan fingerprint density at radius 3 is 2.30 bits per heavy atom. The predicted molar refractivity (Wildman–Crippen MR) is 253 cm³/mol. The second-order valence-electron chi connectivity index (χ2n) is 14.7. The molecule has 1 heteroatoms. The number of rotatable bonds is 14. The lowest BCUT2D eigenvalue weighted by atomic mass is 9.85. The predicted octanol–water partition coefficient (Wildman–Crippen LogP) is 15.4. The summed E-state index contributed by atoms with van der Waals surface area (Å²) >= 11 is 0. The van der Waals surface area contributed by atoms with E-state index in [2.05, 4.69) is 222 Å². The van der Waals surface area contributed by atoms with Crippen LogP contribution in [0.5, 0.6) is 0 Å². The van der Waals surface area contributed by atoms with Crippen molar-refractivity contribution in [2.75, 3.05) is 4.90 Å². The summed E-state index contributed by atoms with van der Waals surface area (Å²) in [5.74, 6) is 0.318. The molecule has 0 heterocycles. The van der Waals surface area contributed by atoms with E-state index < -0.39 is 0 Å². The summed E-state index contributed by atoms with van der Waals surface area (Å²) in [4.78, 5) is 2.54. The molecule has 3 aliphatic carbocycles. The quantitative estimate of drug-likeness (QED) is 0.174. The normalized spacial score (nSPS) is 21.8. The first-order chi connectivity index (χ1) is 27.8. The zero-order valence-electron chi connectivity index (χ0n) is 34.4. The first-order valence-corrected chi connectivity index (χ1v) is 20.2. The van der Waals surface area contributed by atoms with Crippen LogP contribution >= 0.6 is 0 Å². The number of hydrogen-bond donors (Lipinski definition) is 0. The molecule has 0 amide bonds. The second-order valence-corrected chi connectivity index (χ2v) is 14.7. The van der Waals surface area contributed by atoms with Gasteiger partial charge in [-0.15, -0.1) is 0 Å². The van der Waals surface area contributed by atoms with Crippen molar-refractivity contribution in [2.45, 2.75) is 59.4 Å². The lowest BCUT2D eigenvalue weighted by Crippen LogP contribution is -2.35. The van der Waals surface area contributed by atoms with E-state index in [1.165, 1.54) is 44.8 Å². The number of anilines is 1. The SMILES string of the molecule is C=C/C=C(C=C)/C(/C=C\CC1=C(c2ccccc2)CC(N(C2=CCC(C(/C=C\C)=C/C=C(C)C)C=C2)c2ccc(C3=C/C(=C)/C=C\C=C/C/C=C\3)cc2)C=C1)=C/C. The average molecular weight is 746 g/mol. The van der Waals surface area contributed by atoms with Gasteiger partial charge < -0.3 is 4.90 Å². The van der Waals surface area contributed by atoms with Crippen molar-refractivity contribution in [1.29, 1.82) is 0 Å². The standard InChI is InChI=1S/C56H59N/c1-8-21-45(10-3)46(11-4)27-20-28-51-35-40-55(42-56(51)50-24-18-15-19-25-50)57(53-36-31-48(32-37-53)47(22-9-2)30-29-43(5)6)54-38-33-49(34-39-54)52-26-17-14-12-13-16-23-44(7)41-52/h8-13,15-27,29-31,33-41,48,55H,1,3,7,14,28,32,42H2,2,4-6H3/b13-12-,22-9-,23-16-,26-17-,27-20-,45-21+,46-11+,47-30+,52-41+. The summed E-state index contributed by atoms with van der Waals surface area (Å²) in [6.45, 7) is 20.6. The molecule has 5 rings (SSSR count). The third-order valence-corrected chi connectivity index (χ3v) is 10.3. The molecule has 2 atom stereocenters. The fourth-order valence-electron chi connectivity index (χ4n) is 7.35. The third-order valence-electron chi connectivity index (χ3n) is 10.3. The molecule has 0 radical (unpaired) electrons. The van der Waals surface area contributed by atoms with Crippen LogP contribution < -0.4 is 4.90 Å². The van der Waals surface area contributed by atoms with Crippen LogP contribution in [0.1, 0.15) is 64.5 Å². The van der Waals surface area contributed by atoms with Gasteiger partial charge in [0.05, 0.1) is 6.04 Å². The molecule has 2 aromatic rings. The minimum atomic E-state index is 0.112. The van der Waals surface area contributed by atoms with Crippen LogP contribution in [-0.2, 0) is 0 Å². The van der Waals surface area contributed by atoms with Gasteiger partial charge in [-0.2, -0.15) is 0 Å². The molecular weight excluding hydrogens is 687 g/mol. The Morgan fingerprint density at radius 2 is 1.61 bits per heavy atom. The Labute approximate surface area is 344 Å². The fraction of sp³-hybridized carbons (Fsp3) is 0.179. The zero-order chi connectivity index (χ0) is 40.4. The van der Waals surface area contributed by atoms with Gasteiger partial charge in [0.15, 0.2) is 0 Å². The van der Waals surface area contributed by atoms with Gasteiger partial charge in [0.2, 0.25) is 0 Å². The Bertz CT molecular complexity index is 2200. The number of nitrogens with zero attached hydrogens (tertiary/aromatic N) is 1. The molecule has 0 spiro atoms. The zero-order valence-corrected chi connectivity index (χ0v) is 34.4. The highest BCUT2D eigenvalue weighted by Crippen LogP contribution is 2.38. The van der Waals surface area contributed by atoms with Crippen molar-refractivity contribution in [3.63, 3.8) is 0 Å². The van der Waals surface area contributed by atoms with E-state index in [0.717, 1.165) is 48.0 Å². The first kappa shape index (κ1) is 42.0. The highest BCUT2D eigenvalue weighted by Gasteiger charge is 2.27. The van der Waals surface area contributed by atoms with Crippen LogP contribution in [0, 0.1) is 5.92 Å².